The van der Waals surface area contributed by atoms with Crippen molar-refractivity contribution < 1.29 is 0 Å². The second-order valence-electron chi connectivity index (χ2n) is 2.34. The molecule has 0 N–H and O–H groups in total. The third kappa shape index (κ3) is 1.49. The first kappa shape index (κ1) is 7.77. The lowest BCUT2D eigenvalue weighted by atomic mass is 10.3. The standard InChI is InChI=1S/C9H6ClNS/c10-7-3-4-11-8(6-7)9-2-1-5-12-9/h1-6H. The van der Waals surface area contributed by atoms with E-state index in [0.717, 1.165) is 15.6 Å². The van der Waals surface area contributed by atoms with Gasteiger partial charge in [0, 0.05) is 11.2 Å². The van der Waals surface area contributed by atoms with Gasteiger partial charge in [0.25, 0.3) is 0 Å². The lowest BCUT2D eigenvalue weighted by Crippen LogP contribution is -1.77. The average Bonchev–Trinajstić information content (AvgIpc) is 2.56. The van der Waals surface area contributed by atoms with E-state index in [4.69, 9.17) is 11.6 Å². The Kier molecular flexibility index (Phi) is 2.11. The van der Waals surface area contributed by atoms with Crippen molar-refractivity contribution >= 4 is 22.9 Å². The summed E-state index contributed by atoms with van der Waals surface area (Å²) in [6, 6.07) is 7.68. The maximum absolute atomic E-state index is 5.83. The van der Waals surface area contributed by atoms with Gasteiger partial charge >= 0.3 is 0 Å². The van der Waals surface area contributed by atoms with Crippen LogP contribution in [0, 0.1) is 0 Å². The molecule has 0 aliphatic heterocycles. The molecule has 2 aromatic rings. The molecule has 1 nitrogen and oxygen atoms in total. The number of aromatic nitrogens is 1. The van der Waals surface area contributed by atoms with Gasteiger partial charge in [0.1, 0.15) is 0 Å². The predicted molar refractivity (Wildman–Crippen MR) is 52.6 cm³/mol. The Morgan fingerprint density at radius 1 is 1.33 bits per heavy atom. The fraction of sp³-hybridized carbons (Fsp3) is 0. The van der Waals surface area contributed by atoms with Crippen LogP contribution in [0.1, 0.15) is 0 Å². The lowest BCUT2D eigenvalue weighted by molar-refractivity contribution is 1.34. The second-order valence-corrected chi connectivity index (χ2v) is 3.72. The van der Waals surface area contributed by atoms with Crippen molar-refractivity contribution in [2.24, 2.45) is 0 Å². The van der Waals surface area contributed by atoms with Gasteiger partial charge in [-0.15, -0.1) is 11.3 Å². The molecule has 0 bridgehead atoms. The quantitative estimate of drug-likeness (QED) is 0.679. The highest BCUT2D eigenvalue weighted by Gasteiger charge is 1.99. The molecule has 12 heavy (non-hydrogen) atoms. The van der Waals surface area contributed by atoms with Crippen molar-refractivity contribution in [2.75, 3.05) is 0 Å². The molecule has 0 saturated carbocycles. The minimum Gasteiger partial charge on any atom is -0.255 e. The van der Waals surface area contributed by atoms with Gasteiger partial charge in [-0.25, -0.2) is 0 Å². The van der Waals surface area contributed by atoms with E-state index in [1.807, 2.05) is 23.6 Å². The molecule has 0 aliphatic rings. The predicted octanol–water partition coefficient (Wildman–Crippen LogP) is 3.46. The molecule has 0 radical (unpaired) electrons. The van der Waals surface area contributed by atoms with E-state index in [9.17, 15) is 0 Å². The fourth-order valence-corrected chi connectivity index (χ4v) is 1.82. The fourth-order valence-electron chi connectivity index (χ4n) is 0.964. The minimum atomic E-state index is 0.730. The lowest BCUT2D eigenvalue weighted by Gasteiger charge is -1.95. The van der Waals surface area contributed by atoms with Crippen LogP contribution >= 0.6 is 22.9 Å². The van der Waals surface area contributed by atoms with Gasteiger partial charge in [0.15, 0.2) is 0 Å². The van der Waals surface area contributed by atoms with Crippen LogP contribution < -0.4 is 0 Å². The highest BCUT2D eigenvalue weighted by molar-refractivity contribution is 7.13. The minimum absolute atomic E-state index is 0.730. The van der Waals surface area contributed by atoms with Crippen LogP contribution in [-0.2, 0) is 0 Å². The molecule has 0 fully saturated rings. The highest BCUT2D eigenvalue weighted by Crippen LogP contribution is 2.24. The van der Waals surface area contributed by atoms with Crippen molar-refractivity contribution in [2.45, 2.75) is 0 Å². The molecule has 0 spiro atoms. The van der Waals surface area contributed by atoms with Crippen molar-refractivity contribution in [1.82, 2.24) is 4.98 Å². The first-order chi connectivity index (χ1) is 5.86. The van der Waals surface area contributed by atoms with E-state index in [2.05, 4.69) is 4.98 Å². The summed E-state index contributed by atoms with van der Waals surface area (Å²) in [5.74, 6) is 0. The summed E-state index contributed by atoms with van der Waals surface area (Å²) in [4.78, 5) is 5.36. The zero-order valence-electron chi connectivity index (χ0n) is 6.20. The van der Waals surface area contributed by atoms with Crippen molar-refractivity contribution in [3.05, 3.63) is 40.9 Å². The zero-order valence-corrected chi connectivity index (χ0v) is 7.77. The maximum Gasteiger partial charge on any atom is 0.0816 e. The third-order valence-electron chi connectivity index (χ3n) is 1.50. The summed E-state index contributed by atoms with van der Waals surface area (Å²) in [7, 11) is 0. The first-order valence-electron chi connectivity index (χ1n) is 3.52. The SMILES string of the molecule is Clc1ccnc(-c2cccs2)c1. The summed E-state index contributed by atoms with van der Waals surface area (Å²) >= 11 is 7.49. The van der Waals surface area contributed by atoms with Gasteiger partial charge in [0.2, 0.25) is 0 Å². The molecule has 2 heterocycles. The second kappa shape index (κ2) is 3.25. The van der Waals surface area contributed by atoms with E-state index < -0.39 is 0 Å². The number of halogens is 1. The maximum atomic E-state index is 5.83. The number of hydrogen-bond acceptors (Lipinski definition) is 2. The number of pyridine rings is 1. The molecule has 3 heteroatoms. The van der Waals surface area contributed by atoms with Crippen molar-refractivity contribution in [3.8, 4) is 10.6 Å². The molecule has 2 rings (SSSR count). The molecule has 0 atom stereocenters. The topological polar surface area (TPSA) is 12.9 Å². The Hall–Kier alpha value is -0.860. The summed E-state index contributed by atoms with van der Waals surface area (Å²) in [5, 5.41) is 2.76. The summed E-state index contributed by atoms with van der Waals surface area (Å²) in [6.07, 6.45) is 1.72. The van der Waals surface area contributed by atoms with Gasteiger partial charge in [-0.2, -0.15) is 0 Å². The highest BCUT2D eigenvalue weighted by atomic mass is 35.5. The normalized spacial score (nSPS) is 10.1. The van der Waals surface area contributed by atoms with Crippen molar-refractivity contribution in [1.29, 1.82) is 0 Å². The molecule has 0 saturated heterocycles. The third-order valence-corrected chi connectivity index (χ3v) is 2.62. The number of nitrogens with zero attached hydrogens (tertiary/aromatic N) is 1. The van der Waals surface area contributed by atoms with E-state index in [0.29, 0.717) is 0 Å². The van der Waals surface area contributed by atoms with Gasteiger partial charge in [0.05, 0.1) is 10.6 Å². The molecular formula is C9H6ClNS. The molecule has 0 aliphatic carbocycles. The summed E-state index contributed by atoms with van der Waals surface area (Å²) < 4.78 is 0. The van der Waals surface area contributed by atoms with Gasteiger partial charge in [-0.05, 0) is 23.6 Å². The smallest absolute Gasteiger partial charge is 0.0816 e. The largest absolute Gasteiger partial charge is 0.255 e. The van der Waals surface area contributed by atoms with Crippen LogP contribution in [-0.4, -0.2) is 4.98 Å². The summed E-state index contributed by atoms with van der Waals surface area (Å²) in [5.41, 5.74) is 0.942. The number of hydrogen-bond donors (Lipinski definition) is 0. The van der Waals surface area contributed by atoms with Gasteiger partial charge in [-0.1, -0.05) is 17.7 Å². The monoisotopic (exact) mass is 195 g/mol. The van der Waals surface area contributed by atoms with Gasteiger partial charge < -0.3 is 0 Å². The molecular weight excluding hydrogens is 190 g/mol. The number of thiophene rings is 1. The van der Waals surface area contributed by atoms with Crippen LogP contribution in [0.15, 0.2) is 35.8 Å². The Balaban J connectivity index is 2.48. The molecule has 0 aromatic carbocycles. The Morgan fingerprint density at radius 3 is 2.92 bits per heavy atom. The van der Waals surface area contributed by atoms with Crippen LogP contribution in [0.3, 0.4) is 0 Å². The van der Waals surface area contributed by atoms with E-state index in [1.165, 1.54) is 0 Å². The molecule has 0 unspecified atom stereocenters. The zero-order chi connectivity index (χ0) is 8.39. The Bertz CT molecular complexity index is 370. The van der Waals surface area contributed by atoms with E-state index in [1.54, 1.807) is 23.6 Å². The molecule has 2 aromatic heterocycles. The summed E-state index contributed by atoms with van der Waals surface area (Å²) in [6.45, 7) is 0. The van der Waals surface area contributed by atoms with Crippen LogP contribution in [0.4, 0.5) is 0 Å². The molecule has 60 valence electrons. The first-order valence-corrected chi connectivity index (χ1v) is 4.77. The van der Waals surface area contributed by atoms with Crippen LogP contribution in [0.5, 0.6) is 0 Å². The molecule has 0 amide bonds. The van der Waals surface area contributed by atoms with Crippen LogP contribution in [0.2, 0.25) is 5.02 Å². The average molecular weight is 196 g/mol. The van der Waals surface area contributed by atoms with E-state index in [-0.39, 0.29) is 0 Å². The Morgan fingerprint density at radius 2 is 2.25 bits per heavy atom. The Labute approximate surface area is 79.7 Å². The van der Waals surface area contributed by atoms with Crippen molar-refractivity contribution in [3.63, 3.8) is 0 Å². The van der Waals surface area contributed by atoms with Gasteiger partial charge in [-0.3, -0.25) is 4.98 Å². The van der Waals surface area contributed by atoms with E-state index >= 15 is 0 Å². The van der Waals surface area contributed by atoms with Crippen LogP contribution in [0.25, 0.3) is 10.6 Å². The number of rotatable bonds is 1.